The highest BCUT2D eigenvalue weighted by Crippen LogP contribution is 2.28. The van der Waals surface area contributed by atoms with Gasteiger partial charge < -0.3 is 4.57 Å². The van der Waals surface area contributed by atoms with Gasteiger partial charge in [0.2, 0.25) is 0 Å². The molecule has 0 amide bonds. The second kappa shape index (κ2) is 5.60. The maximum absolute atomic E-state index is 12.7. The van der Waals surface area contributed by atoms with E-state index in [1.807, 2.05) is 36.4 Å². The van der Waals surface area contributed by atoms with E-state index in [1.54, 1.807) is 0 Å². The number of nitrogens with zero attached hydrogens (tertiary/aromatic N) is 1. The molecule has 1 saturated carbocycles. The van der Waals surface area contributed by atoms with Crippen LogP contribution < -0.4 is 5.43 Å². The summed E-state index contributed by atoms with van der Waals surface area (Å²) in [5, 5.41) is 1.69. The summed E-state index contributed by atoms with van der Waals surface area (Å²) in [4.78, 5) is 12.7. The van der Waals surface area contributed by atoms with Gasteiger partial charge in [-0.25, -0.2) is 0 Å². The molecule has 2 nitrogen and oxygen atoms in total. The minimum atomic E-state index is 0.158. The summed E-state index contributed by atoms with van der Waals surface area (Å²) < 4.78 is 2.38. The lowest BCUT2D eigenvalue weighted by molar-refractivity contribution is 0.325. The topological polar surface area (TPSA) is 22.0 Å². The van der Waals surface area contributed by atoms with Gasteiger partial charge in [0, 0.05) is 17.3 Å². The molecule has 4 rings (SSSR count). The molecule has 22 heavy (non-hydrogen) atoms. The highest BCUT2D eigenvalue weighted by atomic mass is 16.1. The van der Waals surface area contributed by atoms with E-state index in [0.717, 1.165) is 34.3 Å². The fraction of sp³-hybridized carbons (Fsp3) is 0.350. The van der Waals surface area contributed by atoms with E-state index in [4.69, 9.17) is 0 Å². The van der Waals surface area contributed by atoms with Crippen molar-refractivity contribution in [2.24, 2.45) is 5.92 Å². The maximum atomic E-state index is 12.7. The summed E-state index contributed by atoms with van der Waals surface area (Å²) in [6, 6.07) is 16.1. The second-order valence-electron chi connectivity index (χ2n) is 6.48. The van der Waals surface area contributed by atoms with Crippen molar-refractivity contribution in [1.29, 1.82) is 0 Å². The molecule has 0 radical (unpaired) electrons. The summed E-state index contributed by atoms with van der Waals surface area (Å²) in [6.07, 6.45) is 6.70. The summed E-state index contributed by atoms with van der Waals surface area (Å²) >= 11 is 0. The molecule has 1 aliphatic carbocycles. The summed E-state index contributed by atoms with van der Waals surface area (Å²) in [7, 11) is 0. The van der Waals surface area contributed by atoms with Gasteiger partial charge in [0.05, 0.1) is 11.0 Å². The zero-order valence-corrected chi connectivity index (χ0v) is 12.8. The Labute approximate surface area is 130 Å². The van der Waals surface area contributed by atoms with Crippen molar-refractivity contribution in [2.75, 3.05) is 0 Å². The van der Waals surface area contributed by atoms with Crippen LogP contribution in [0.25, 0.3) is 21.8 Å². The molecule has 2 heteroatoms. The quantitative estimate of drug-likeness (QED) is 0.625. The predicted octanol–water partition coefficient (Wildman–Crippen LogP) is 4.74. The number of hydrogen-bond acceptors (Lipinski definition) is 1. The fourth-order valence-electron chi connectivity index (χ4n) is 3.90. The molecule has 1 aliphatic rings. The molecule has 0 saturated heterocycles. The van der Waals surface area contributed by atoms with Crippen LogP contribution >= 0.6 is 0 Å². The van der Waals surface area contributed by atoms with E-state index in [2.05, 4.69) is 16.7 Å². The average molecular weight is 291 g/mol. The van der Waals surface area contributed by atoms with Gasteiger partial charge >= 0.3 is 0 Å². The Kier molecular flexibility index (Phi) is 3.45. The van der Waals surface area contributed by atoms with E-state index in [1.165, 1.54) is 32.1 Å². The van der Waals surface area contributed by atoms with Crippen molar-refractivity contribution in [3.8, 4) is 0 Å². The van der Waals surface area contributed by atoms with Crippen molar-refractivity contribution in [1.82, 2.24) is 4.57 Å². The number of fused-ring (bicyclic) bond motifs is 2. The molecule has 0 bridgehead atoms. The standard InChI is InChI=1S/C20H21NO/c22-20-16-10-4-6-12-18(16)21(14-15-8-2-1-3-9-15)19-13-7-5-11-17(19)20/h4-7,10-13,15H,1-3,8-9,14H2. The fourth-order valence-corrected chi connectivity index (χ4v) is 3.90. The lowest BCUT2D eigenvalue weighted by atomic mass is 9.89. The smallest absolute Gasteiger partial charge is 0.197 e. The van der Waals surface area contributed by atoms with Crippen LogP contribution in [0.15, 0.2) is 53.3 Å². The molecule has 3 aromatic rings. The van der Waals surface area contributed by atoms with Crippen molar-refractivity contribution in [2.45, 2.75) is 38.6 Å². The third kappa shape index (κ3) is 2.23. The van der Waals surface area contributed by atoms with Gasteiger partial charge in [0.25, 0.3) is 0 Å². The maximum Gasteiger partial charge on any atom is 0.197 e. The molecule has 0 N–H and O–H groups in total. The van der Waals surface area contributed by atoms with Crippen molar-refractivity contribution in [3.63, 3.8) is 0 Å². The monoisotopic (exact) mass is 291 g/mol. The molecule has 0 unspecified atom stereocenters. The SMILES string of the molecule is O=c1c2ccccc2n(CC2CCCCC2)c2ccccc12. The van der Waals surface area contributed by atoms with Crippen LogP contribution in [0.1, 0.15) is 32.1 Å². The first-order chi connectivity index (χ1) is 10.8. The van der Waals surface area contributed by atoms with Crippen LogP contribution in [0.2, 0.25) is 0 Å². The highest BCUT2D eigenvalue weighted by molar-refractivity contribution is 5.93. The van der Waals surface area contributed by atoms with E-state index < -0.39 is 0 Å². The first kappa shape index (κ1) is 13.6. The van der Waals surface area contributed by atoms with Crippen LogP contribution in [-0.2, 0) is 6.54 Å². The first-order valence-electron chi connectivity index (χ1n) is 8.35. The predicted molar refractivity (Wildman–Crippen MR) is 92.3 cm³/mol. The van der Waals surface area contributed by atoms with Gasteiger partial charge in [-0.05, 0) is 43.0 Å². The number of para-hydroxylation sites is 2. The largest absolute Gasteiger partial charge is 0.340 e. The Hall–Kier alpha value is -2.09. The zero-order valence-electron chi connectivity index (χ0n) is 12.8. The zero-order chi connectivity index (χ0) is 14.9. The minimum Gasteiger partial charge on any atom is -0.340 e. The van der Waals surface area contributed by atoms with Crippen LogP contribution in [-0.4, -0.2) is 4.57 Å². The van der Waals surface area contributed by atoms with Gasteiger partial charge in [0.1, 0.15) is 0 Å². The Balaban J connectivity index is 1.96. The van der Waals surface area contributed by atoms with Gasteiger partial charge in [-0.15, -0.1) is 0 Å². The summed E-state index contributed by atoms with van der Waals surface area (Å²) in [5.74, 6) is 0.739. The normalized spacial score (nSPS) is 16.4. The van der Waals surface area contributed by atoms with Gasteiger partial charge in [-0.3, -0.25) is 4.79 Å². The molecule has 0 atom stereocenters. The van der Waals surface area contributed by atoms with E-state index in [0.29, 0.717) is 0 Å². The Morgan fingerprint density at radius 3 is 1.95 bits per heavy atom. The average Bonchev–Trinajstić information content (AvgIpc) is 2.59. The van der Waals surface area contributed by atoms with Crippen molar-refractivity contribution < 1.29 is 0 Å². The third-order valence-corrected chi connectivity index (χ3v) is 5.04. The molecular formula is C20H21NO. The summed E-state index contributed by atoms with van der Waals surface area (Å²) in [6.45, 7) is 1.03. The minimum absolute atomic E-state index is 0.158. The molecule has 112 valence electrons. The first-order valence-corrected chi connectivity index (χ1v) is 8.35. The van der Waals surface area contributed by atoms with E-state index in [9.17, 15) is 4.79 Å². The van der Waals surface area contributed by atoms with Gasteiger partial charge in [-0.1, -0.05) is 43.5 Å². The van der Waals surface area contributed by atoms with Crippen LogP contribution in [0.4, 0.5) is 0 Å². The van der Waals surface area contributed by atoms with Crippen LogP contribution in [0.5, 0.6) is 0 Å². The number of hydrogen-bond donors (Lipinski definition) is 0. The Morgan fingerprint density at radius 2 is 1.36 bits per heavy atom. The van der Waals surface area contributed by atoms with Crippen LogP contribution in [0.3, 0.4) is 0 Å². The number of pyridine rings is 1. The van der Waals surface area contributed by atoms with Crippen molar-refractivity contribution >= 4 is 21.8 Å². The lowest BCUT2D eigenvalue weighted by Gasteiger charge is -2.25. The second-order valence-corrected chi connectivity index (χ2v) is 6.48. The molecule has 1 aromatic heterocycles. The number of benzene rings is 2. The van der Waals surface area contributed by atoms with E-state index in [-0.39, 0.29) is 5.43 Å². The Bertz CT molecular complexity index is 812. The van der Waals surface area contributed by atoms with Gasteiger partial charge in [-0.2, -0.15) is 0 Å². The molecule has 2 aromatic carbocycles. The van der Waals surface area contributed by atoms with E-state index >= 15 is 0 Å². The molecule has 0 spiro atoms. The number of rotatable bonds is 2. The van der Waals surface area contributed by atoms with Crippen LogP contribution in [0, 0.1) is 5.92 Å². The molecular weight excluding hydrogens is 270 g/mol. The van der Waals surface area contributed by atoms with Crippen molar-refractivity contribution in [3.05, 3.63) is 58.8 Å². The third-order valence-electron chi connectivity index (χ3n) is 5.04. The number of aromatic nitrogens is 1. The highest BCUT2D eigenvalue weighted by Gasteiger charge is 2.17. The Morgan fingerprint density at radius 1 is 0.818 bits per heavy atom. The van der Waals surface area contributed by atoms with Gasteiger partial charge in [0.15, 0.2) is 5.43 Å². The summed E-state index contributed by atoms with van der Waals surface area (Å²) in [5.41, 5.74) is 2.32. The lowest BCUT2D eigenvalue weighted by Crippen LogP contribution is -2.18. The molecule has 1 fully saturated rings. The molecule has 1 heterocycles. The molecule has 0 aliphatic heterocycles.